The van der Waals surface area contributed by atoms with Gasteiger partial charge in [0.05, 0.1) is 22.6 Å². The zero-order valence-corrected chi connectivity index (χ0v) is 13.3. The van der Waals surface area contributed by atoms with Crippen LogP contribution in [0.15, 0.2) is 75.4 Å². The first kappa shape index (κ1) is 14.6. The number of rotatable bonds is 2. The number of aromatic nitrogens is 1. The molecule has 2 heterocycles. The van der Waals surface area contributed by atoms with Gasteiger partial charge in [-0.15, -0.1) is 0 Å². The average Bonchev–Trinajstić information content (AvgIpc) is 2.61. The Balaban J connectivity index is 1.65. The summed E-state index contributed by atoms with van der Waals surface area (Å²) in [6, 6.07) is 16.6. The average molecular weight is 335 g/mol. The van der Waals surface area contributed by atoms with Crippen LogP contribution in [-0.4, -0.2) is 10.9 Å². The van der Waals surface area contributed by atoms with Crippen molar-refractivity contribution in [3.05, 3.63) is 76.7 Å². The van der Waals surface area contributed by atoms with Crippen LogP contribution in [0.2, 0.25) is 0 Å². The number of fused-ring (bicyclic) bond motifs is 2. The molecule has 0 aliphatic carbocycles. The quantitative estimate of drug-likeness (QED) is 0.520. The maximum absolute atomic E-state index is 12.4. The molecule has 0 unspecified atom stereocenters. The first-order chi connectivity index (χ1) is 11.7. The lowest BCUT2D eigenvalue weighted by Gasteiger charge is -2.23. The summed E-state index contributed by atoms with van der Waals surface area (Å²) in [4.78, 5) is 28.2. The van der Waals surface area contributed by atoms with Crippen LogP contribution < -0.4 is 16.2 Å². The van der Waals surface area contributed by atoms with Gasteiger partial charge in [0.2, 0.25) is 5.56 Å². The summed E-state index contributed by atoms with van der Waals surface area (Å²) in [5.74, 6) is -0.273. The molecule has 4 rings (SSSR count). The maximum atomic E-state index is 12.4. The Morgan fingerprint density at radius 1 is 0.958 bits per heavy atom. The van der Waals surface area contributed by atoms with Gasteiger partial charge in [0.1, 0.15) is 0 Å². The molecule has 0 saturated carbocycles. The molecule has 24 heavy (non-hydrogen) atoms. The highest BCUT2D eigenvalue weighted by Gasteiger charge is 2.19. The molecule has 5 nitrogen and oxygen atoms in total. The molecule has 1 aromatic heterocycles. The number of hydrogen-bond acceptors (Lipinski definition) is 4. The molecule has 0 atom stereocenters. The van der Waals surface area contributed by atoms with Crippen LogP contribution in [0.5, 0.6) is 0 Å². The van der Waals surface area contributed by atoms with Crippen molar-refractivity contribution in [1.29, 1.82) is 0 Å². The largest absolute Gasteiger partial charge is 0.352 e. The smallest absolute Gasteiger partial charge is 0.257 e. The minimum atomic E-state index is -0.273. The van der Waals surface area contributed by atoms with E-state index < -0.39 is 0 Å². The van der Waals surface area contributed by atoms with Gasteiger partial charge < -0.3 is 15.6 Å². The van der Waals surface area contributed by atoms with Gasteiger partial charge in [-0.05, 0) is 30.3 Å². The normalized spacial score (nSPS) is 11.8. The summed E-state index contributed by atoms with van der Waals surface area (Å²) in [7, 11) is 0. The van der Waals surface area contributed by atoms with E-state index in [4.69, 9.17) is 0 Å². The monoisotopic (exact) mass is 335 g/mol. The number of benzene rings is 2. The summed E-state index contributed by atoms with van der Waals surface area (Å²) in [5, 5.41) is 6.28. The number of pyridine rings is 1. The molecular weight excluding hydrogens is 322 g/mol. The fourth-order valence-electron chi connectivity index (χ4n) is 2.51. The van der Waals surface area contributed by atoms with E-state index in [1.807, 2.05) is 36.4 Å². The molecule has 1 amide bonds. The van der Waals surface area contributed by atoms with Crippen LogP contribution >= 0.6 is 11.8 Å². The third kappa shape index (κ3) is 2.68. The van der Waals surface area contributed by atoms with Crippen molar-refractivity contribution in [3.63, 3.8) is 0 Å². The minimum Gasteiger partial charge on any atom is -0.352 e. The zero-order valence-electron chi connectivity index (χ0n) is 12.5. The maximum Gasteiger partial charge on any atom is 0.257 e. The highest BCUT2D eigenvalue weighted by atomic mass is 32.2. The molecule has 0 fully saturated rings. The molecule has 0 saturated heterocycles. The van der Waals surface area contributed by atoms with Crippen LogP contribution in [0, 0.1) is 0 Å². The lowest BCUT2D eigenvalue weighted by molar-refractivity contribution is 0.102. The molecule has 0 radical (unpaired) electrons. The topological polar surface area (TPSA) is 74.0 Å². The minimum absolute atomic E-state index is 0.238. The standard InChI is InChI=1S/C18H13N3O2S/c22-16-9-8-11(10-19-16)18(23)21-13-5-3-7-15-17(13)20-12-4-1-2-6-14(12)24-15/h1-10,20H,(H,19,22)(H,21,23). The van der Waals surface area contributed by atoms with Gasteiger partial charge in [-0.2, -0.15) is 0 Å². The highest BCUT2D eigenvalue weighted by molar-refractivity contribution is 7.99. The number of hydrogen-bond donors (Lipinski definition) is 3. The SMILES string of the molecule is O=C(Nc1cccc2c1Nc1ccccc1S2)c1ccc(=O)[nH]c1. The Hall–Kier alpha value is -2.99. The van der Waals surface area contributed by atoms with Gasteiger partial charge in [0.25, 0.3) is 5.91 Å². The highest BCUT2D eigenvalue weighted by Crippen LogP contribution is 2.46. The van der Waals surface area contributed by atoms with E-state index in [1.54, 1.807) is 11.8 Å². The summed E-state index contributed by atoms with van der Waals surface area (Å²) >= 11 is 1.66. The molecule has 1 aliphatic rings. The fourth-order valence-corrected chi connectivity index (χ4v) is 3.53. The lowest BCUT2D eigenvalue weighted by Crippen LogP contribution is -2.16. The molecule has 3 aromatic rings. The van der Waals surface area contributed by atoms with Crippen molar-refractivity contribution in [3.8, 4) is 0 Å². The van der Waals surface area contributed by atoms with Crippen LogP contribution in [0.3, 0.4) is 0 Å². The number of anilines is 3. The number of carbonyl (C=O) groups is 1. The van der Waals surface area contributed by atoms with Crippen molar-refractivity contribution in [2.45, 2.75) is 9.79 Å². The fraction of sp³-hybridized carbons (Fsp3) is 0. The Morgan fingerprint density at radius 2 is 1.79 bits per heavy atom. The molecule has 1 aliphatic heterocycles. The Morgan fingerprint density at radius 3 is 2.62 bits per heavy atom. The van der Waals surface area contributed by atoms with Crippen molar-refractivity contribution in [1.82, 2.24) is 4.98 Å². The summed E-state index contributed by atoms with van der Waals surface area (Å²) in [6.07, 6.45) is 1.41. The summed E-state index contributed by atoms with van der Waals surface area (Å²) in [6.45, 7) is 0. The Labute approximate surface area is 142 Å². The molecule has 2 aromatic carbocycles. The number of H-pyrrole nitrogens is 1. The first-order valence-corrected chi connectivity index (χ1v) is 8.19. The van der Waals surface area contributed by atoms with Crippen LogP contribution in [0.4, 0.5) is 17.1 Å². The van der Waals surface area contributed by atoms with Crippen molar-refractivity contribution in [2.75, 3.05) is 10.6 Å². The number of aromatic amines is 1. The molecule has 0 spiro atoms. The summed E-state index contributed by atoms with van der Waals surface area (Å²) < 4.78 is 0. The first-order valence-electron chi connectivity index (χ1n) is 7.38. The van der Waals surface area contributed by atoms with E-state index in [9.17, 15) is 9.59 Å². The molecule has 0 bridgehead atoms. The van der Waals surface area contributed by atoms with Crippen molar-refractivity contribution < 1.29 is 4.79 Å². The molecule has 6 heteroatoms. The molecule has 3 N–H and O–H groups in total. The van der Waals surface area contributed by atoms with Gasteiger partial charge in [-0.3, -0.25) is 9.59 Å². The van der Waals surface area contributed by atoms with E-state index in [0.29, 0.717) is 11.3 Å². The van der Waals surface area contributed by atoms with Gasteiger partial charge >= 0.3 is 0 Å². The van der Waals surface area contributed by atoms with E-state index in [-0.39, 0.29) is 11.5 Å². The Kier molecular flexibility index (Phi) is 3.59. The number of nitrogens with one attached hydrogen (secondary N) is 3. The molecular formula is C18H13N3O2S. The summed E-state index contributed by atoms with van der Waals surface area (Å²) in [5.41, 5.74) is 2.75. The predicted molar refractivity (Wildman–Crippen MR) is 95.3 cm³/mol. The molecule has 118 valence electrons. The predicted octanol–water partition coefficient (Wildman–Crippen LogP) is 3.84. The van der Waals surface area contributed by atoms with Gasteiger partial charge in [0.15, 0.2) is 0 Å². The van der Waals surface area contributed by atoms with E-state index >= 15 is 0 Å². The third-order valence-corrected chi connectivity index (χ3v) is 4.82. The number of para-hydroxylation sites is 2. The van der Waals surface area contributed by atoms with Crippen LogP contribution in [0.25, 0.3) is 0 Å². The zero-order chi connectivity index (χ0) is 16.5. The lowest BCUT2D eigenvalue weighted by atomic mass is 10.2. The van der Waals surface area contributed by atoms with Gasteiger partial charge in [0, 0.05) is 22.1 Å². The third-order valence-electron chi connectivity index (χ3n) is 3.69. The van der Waals surface area contributed by atoms with Gasteiger partial charge in [-0.1, -0.05) is 30.0 Å². The van der Waals surface area contributed by atoms with E-state index in [2.05, 4.69) is 21.7 Å². The van der Waals surface area contributed by atoms with Crippen molar-refractivity contribution in [2.24, 2.45) is 0 Å². The Bertz CT molecular complexity index is 977. The van der Waals surface area contributed by atoms with Crippen molar-refractivity contribution >= 4 is 34.7 Å². The number of amides is 1. The van der Waals surface area contributed by atoms with Crippen LogP contribution in [-0.2, 0) is 0 Å². The second-order valence-corrected chi connectivity index (χ2v) is 6.38. The van der Waals surface area contributed by atoms with E-state index in [1.165, 1.54) is 18.3 Å². The van der Waals surface area contributed by atoms with Crippen LogP contribution in [0.1, 0.15) is 10.4 Å². The number of carbonyl (C=O) groups excluding carboxylic acids is 1. The second kappa shape index (κ2) is 5.90. The van der Waals surface area contributed by atoms with Gasteiger partial charge in [-0.25, -0.2) is 0 Å². The second-order valence-electron chi connectivity index (χ2n) is 5.30. The van der Waals surface area contributed by atoms with E-state index in [0.717, 1.165) is 21.2 Å².